The van der Waals surface area contributed by atoms with Crippen molar-refractivity contribution < 1.29 is 0 Å². The monoisotopic (exact) mass is 270 g/mol. The van der Waals surface area contributed by atoms with Crippen LogP contribution in [0.4, 0.5) is 5.69 Å². The molecule has 1 aromatic carbocycles. The number of nitrogens with zero attached hydrogens (tertiary/aromatic N) is 1. The van der Waals surface area contributed by atoms with E-state index >= 15 is 0 Å². The Kier molecular flexibility index (Phi) is 3.59. The Hall–Kier alpha value is -0.900. The lowest BCUT2D eigenvalue weighted by atomic mass is 10.3. The highest BCUT2D eigenvalue weighted by molar-refractivity contribution is 7.99. The van der Waals surface area contributed by atoms with Crippen molar-refractivity contribution in [3.05, 3.63) is 46.7 Å². The Morgan fingerprint density at radius 3 is 2.38 bits per heavy atom. The van der Waals surface area contributed by atoms with Crippen molar-refractivity contribution in [1.29, 1.82) is 0 Å². The molecule has 16 heavy (non-hydrogen) atoms. The van der Waals surface area contributed by atoms with Gasteiger partial charge in [-0.1, -0.05) is 35.0 Å². The van der Waals surface area contributed by atoms with E-state index in [1.165, 1.54) is 11.8 Å². The minimum absolute atomic E-state index is 0.471. The average Bonchev–Trinajstić information content (AvgIpc) is 2.27. The molecule has 5 heteroatoms. The fraction of sp³-hybridized carbons (Fsp3) is 0. The number of halogens is 2. The molecular formula is C11H8Cl2N2S. The summed E-state index contributed by atoms with van der Waals surface area (Å²) in [4.78, 5) is 5.89. The Balaban J connectivity index is 2.32. The lowest BCUT2D eigenvalue weighted by Gasteiger charge is -2.06. The summed E-state index contributed by atoms with van der Waals surface area (Å²) in [5.41, 5.74) is 6.48. The van der Waals surface area contributed by atoms with Crippen LogP contribution in [0, 0.1) is 0 Å². The molecule has 0 aliphatic heterocycles. The molecule has 1 aromatic heterocycles. The van der Waals surface area contributed by atoms with E-state index in [0.29, 0.717) is 15.7 Å². The molecule has 0 spiro atoms. The molecule has 2 N–H and O–H groups in total. The maximum atomic E-state index is 5.94. The molecule has 0 unspecified atom stereocenters. The highest BCUT2D eigenvalue weighted by Crippen LogP contribution is 2.36. The first-order chi connectivity index (χ1) is 7.66. The van der Waals surface area contributed by atoms with Gasteiger partial charge in [-0.15, -0.1) is 0 Å². The van der Waals surface area contributed by atoms with Gasteiger partial charge in [0.2, 0.25) is 0 Å². The molecule has 0 aliphatic rings. The predicted molar refractivity (Wildman–Crippen MR) is 69.2 cm³/mol. The van der Waals surface area contributed by atoms with Gasteiger partial charge in [-0.05, 0) is 24.3 Å². The van der Waals surface area contributed by atoms with Crippen molar-refractivity contribution >= 4 is 40.7 Å². The topological polar surface area (TPSA) is 38.9 Å². The van der Waals surface area contributed by atoms with Gasteiger partial charge in [0, 0.05) is 27.9 Å². The van der Waals surface area contributed by atoms with Crippen LogP contribution in [0.5, 0.6) is 0 Å². The average molecular weight is 271 g/mol. The molecule has 1 heterocycles. The van der Waals surface area contributed by atoms with Gasteiger partial charge in [0.25, 0.3) is 0 Å². The van der Waals surface area contributed by atoms with Crippen LogP contribution in [0.15, 0.2) is 46.5 Å². The number of rotatable bonds is 2. The van der Waals surface area contributed by atoms with Crippen molar-refractivity contribution in [3.8, 4) is 0 Å². The summed E-state index contributed by atoms with van der Waals surface area (Å²) in [5.74, 6) is 0. The summed E-state index contributed by atoms with van der Waals surface area (Å²) in [6, 6.07) is 7.25. The summed E-state index contributed by atoms with van der Waals surface area (Å²) in [6.45, 7) is 0. The lowest BCUT2D eigenvalue weighted by Crippen LogP contribution is -1.88. The van der Waals surface area contributed by atoms with Crippen molar-refractivity contribution in [1.82, 2.24) is 4.98 Å². The molecule has 0 fully saturated rings. The van der Waals surface area contributed by atoms with Crippen LogP contribution in [-0.2, 0) is 0 Å². The molecule has 82 valence electrons. The maximum absolute atomic E-state index is 5.94. The second-order valence-electron chi connectivity index (χ2n) is 3.09. The molecule has 0 bridgehead atoms. The minimum atomic E-state index is 0.471. The van der Waals surface area contributed by atoms with E-state index in [-0.39, 0.29) is 0 Å². The zero-order chi connectivity index (χ0) is 11.5. The van der Waals surface area contributed by atoms with Crippen LogP contribution in [-0.4, -0.2) is 4.98 Å². The van der Waals surface area contributed by atoms with E-state index in [1.54, 1.807) is 24.5 Å². The number of hydrogen-bond donors (Lipinski definition) is 1. The largest absolute Gasteiger partial charge is 0.398 e. The first-order valence-electron chi connectivity index (χ1n) is 4.49. The van der Waals surface area contributed by atoms with Gasteiger partial charge in [0.05, 0.1) is 10.0 Å². The van der Waals surface area contributed by atoms with E-state index in [9.17, 15) is 0 Å². The second-order valence-corrected chi connectivity index (χ2v) is 5.02. The van der Waals surface area contributed by atoms with Crippen LogP contribution in [0.25, 0.3) is 0 Å². The van der Waals surface area contributed by atoms with Gasteiger partial charge in [0.1, 0.15) is 0 Å². The van der Waals surface area contributed by atoms with E-state index in [0.717, 1.165) is 9.79 Å². The second kappa shape index (κ2) is 4.95. The Bertz CT molecular complexity index is 503. The quantitative estimate of drug-likeness (QED) is 0.835. The normalized spacial score (nSPS) is 10.4. The Morgan fingerprint density at radius 1 is 1.06 bits per heavy atom. The van der Waals surface area contributed by atoms with E-state index in [2.05, 4.69) is 4.98 Å². The van der Waals surface area contributed by atoms with E-state index < -0.39 is 0 Å². The van der Waals surface area contributed by atoms with Crippen molar-refractivity contribution in [2.24, 2.45) is 0 Å². The van der Waals surface area contributed by atoms with Crippen LogP contribution in [0.3, 0.4) is 0 Å². The molecule has 2 nitrogen and oxygen atoms in total. The molecule has 0 atom stereocenters. The summed E-state index contributed by atoms with van der Waals surface area (Å²) in [7, 11) is 0. The highest BCUT2D eigenvalue weighted by atomic mass is 35.5. The van der Waals surface area contributed by atoms with E-state index in [1.807, 2.05) is 12.1 Å². The zero-order valence-corrected chi connectivity index (χ0v) is 10.5. The summed E-state index contributed by atoms with van der Waals surface area (Å²) >= 11 is 13.3. The van der Waals surface area contributed by atoms with Crippen molar-refractivity contribution in [2.45, 2.75) is 9.79 Å². The third kappa shape index (κ3) is 2.61. The van der Waals surface area contributed by atoms with Crippen LogP contribution >= 0.6 is 35.0 Å². The smallest absolute Gasteiger partial charge is 0.0613 e. The molecule has 2 aromatic rings. The molecule has 0 aliphatic carbocycles. The zero-order valence-electron chi connectivity index (χ0n) is 8.15. The van der Waals surface area contributed by atoms with Gasteiger partial charge in [-0.3, -0.25) is 4.98 Å². The van der Waals surface area contributed by atoms with Gasteiger partial charge >= 0.3 is 0 Å². The molecular weight excluding hydrogens is 263 g/mol. The minimum Gasteiger partial charge on any atom is -0.398 e. The summed E-state index contributed by atoms with van der Waals surface area (Å²) in [6.07, 6.45) is 3.46. The molecule has 0 radical (unpaired) electrons. The number of benzene rings is 1. The molecule has 0 amide bonds. The Morgan fingerprint density at radius 2 is 1.69 bits per heavy atom. The number of anilines is 1. The van der Waals surface area contributed by atoms with Gasteiger partial charge in [0.15, 0.2) is 0 Å². The third-order valence-corrected chi connectivity index (χ3v) is 3.73. The van der Waals surface area contributed by atoms with Crippen LogP contribution in [0.1, 0.15) is 0 Å². The van der Waals surface area contributed by atoms with Gasteiger partial charge in [-0.25, -0.2) is 0 Å². The standard InChI is InChI=1S/C11H8Cl2N2S/c12-8-5-10(14)11(6-9(8)13)16-7-1-3-15-4-2-7/h1-6H,14H2. The van der Waals surface area contributed by atoms with Crippen molar-refractivity contribution in [2.75, 3.05) is 5.73 Å². The fourth-order valence-corrected chi connectivity index (χ4v) is 2.43. The van der Waals surface area contributed by atoms with Gasteiger partial charge < -0.3 is 5.73 Å². The Labute approximate surface area is 108 Å². The van der Waals surface area contributed by atoms with Crippen LogP contribution in [0.2, 0.25) is 10.0 Å². The SMILES string of the molecule is Nc1cc(Cl)c(Cl)cc1Sc1ccncc1. The van der Waals surface area contributed by atoms with Gasteiger partial charge in [-0.2, -0.15) is 0 Å². The van der Waals surface area contributed by atoms with E-state index in [4.69, 9.17) is 28.9 Å². The number of nitrogens with two attached hydrogens (primary N) is 1. The molecule has 0 saturated heterocycles. The van der Waals surface area contributed by atoms with Crippen LogP contribution < -0.4 is 5.73 Å². The summed E-state index contributed by atoms with van der Waals surface area (Å²) in [5, 5.41) is 0.977. The summed E-state index contributed by atoms with van der Waals surface area (Å²) < 4.78 is 0. The first kappa shape index (κ1) is 11.6. The van der Waals surface area contributed by atoms with Crippen molar-refractivity contribution in [3.63, 3.8) is 0 Å². The maximum Gasteiger partial charge on any atom is 0.0613 e. The number of hydrogen-bond acceptors (Lipinski definition) is 3. The number of aromatic nitrogens is 1. The molecule has 0 saturated carbocycles. The lowest BCUT2D eigenvalue weighted by molar-refractivity contribution is 1.26. The third-order valence-electron chi connectivity index (χ3n) is 1.93. The highest BCUT2D eigenvalue weighted by Gasteiger charge is 2.06. The number of nitrogen functional groups attached to an aromatic ring is 1. The predicted octanol–water partition coefficient (Wildman–Crippen LogP) is 4.12. The number of pyridine rings is 1. The first-order valence-corrected chi connectivity index (χ1v) is 6.06. The molecule has 2 rings (SSSR count). The fourth-order valence-electron chi connectivity index (χ4n) is 1.17.